The molecule has 0 saturated heterocycles. The van der Waals surface area contributed by atoms with E-state index in [-0.39, 0.29) is 36.1 Å². The average Bonchev–Trinajstić information content (AvgIpc) is 2.15. The highest BCUT2D eigenvalue weighted by Crippen LogP contribution is 2.36. The molecule has 0 aliphatic heterocycles. The number of carbonyl (C=O) groups is 3. The molecule has 0 amide bonds. The molecule has 0 rings (SSSR count). The third-order valence-corrected chi connectivity index (χ3v) is 3.14. The van der Waals surface area contributed by atoms with Gasteiger partial charge in [0, 0.05) is 0 Å². The van der Waals surface area contributed by atoms with E-state index in [0.717, 1.165) is 0 Å². The van der Waals surface area contributed by atoms with Crippen LogP contribution in [0.1, 0.15) is 0 Å². The first-order chi connectivity index (χ1) is 7.41. The highest BCUT2D eigenvalue weighted by molar-refractivity contribution is 8.28. The summed E-state index contributed by atoms with van der Waals surface area (Å²) in [5.41, 5.74) is 0. The summed E-state index contributed by atoms with van der Waals surface area (Å²) in [6.07, 6.45) is -6.56. The third kappa shape index (κ3) is 9.79. The fourth-order valence-electron chi connectivity index (χ4n) is 0.279. The van der Waals surface area contributed by atoms with Crippen LogP contribution in [0.4, 0.5) is 27.6 Å². The number of hydrogen-bond acceptors (Lipinski definition) is 9. The Morgan fingerprint density at radius 1 is 0.750 bits per heavy atom. The molecule has 16 heavy (non-hydrogen) atoms. The third-order valence-electron chi connectivity index (χ3n) is 0.577. The van der Waals surface area contributed by atoms with Crippen LogP contribution in [0.2, 0.25) is 0 Å². The summed E-state index contributed by atoms with van der Waals surface area (Å²) >= 11 is 0.0817. The number of carbonyl (C=O) groups excluding carboxylic acids is 3. The molecule has 0 spiro atoms. The van der Waals surface area contributed by atoms with Gasteiger partial charge in [-0.1, -0.05) is 0 Å². The lowest BCUT2D eigenvalue weighted by Gasteiger charge is -2.08. The first-order valence-electron chi connectivity index (χ1n) is 3.00. The number of hydrogen-bond donors (Lipinski definition) is 0. The monoisotopic (exact) mass is 298 g/mol. The maximum absolute atomic E-state index is 11.6. The summed E-state index contributed by atoms with van der Waals surface area (Å²) in [6, 6.07) is 0. The molecule has 0 N–H and O–H groups in total. The van der Waals surface area contributed by atoms with Crippen LogP contribution in [0, 0.1) is 0 Å². The van der Waals surface area contributed by atoms with Gasteiger partial charge in [-0.15, -0.1) is 13.2 Å². The van der Waals surface area contributed by atoms with Gasteiger partial charge in [-0.05, 0) is 0 Å². The van der Waals surface area contributed by atoms with Crippen LogP contribution in [0.25, 0.3) is 0 Å². The summed E-state index contributed by atoms with van der Waals surface area (Å²) in [7, 11) is 0. The largest absolute Gasteiger partial charge is 0.507 e. The number of halogens is 3. The van der Waals surface area contributed by atoms with Crippen LogP contribution in [0.5, 0.6) is 0 Å². The standard InChI is InChI=1S/C4HF3O6S3/c5-1(8)11-14-4(15-12-2(6)9)16-13-3(7)10/h4H. The van der Waals surface area contributed by atoms with Gasteiger partial charge < -0.3 is 12.5 Å². The SMILES string of the molecule is O=C(F)OSC(SOC(=O)F)SOC(=O)F. The van der Waals surface area contributed by atoms with E-state index >= 15 is 0 Å². The van der Waals surface area contributed by atoms with Gasteiger partial charge >= 0.3 is 18.7 Å². The lowest BCUT2D eigenvalue weighted by Crippen LogP contribution is -2.00. The molecule has 0 aliphatic carbocycles. The van der Waals surface area contributed by atoms with E-state index in [1.54, 1.807) is 0 Å². The minimum absolute atomic E-state index is 0.0272. The predicted molar refractivity (Wildman–Crippen MR) is 49.3 cm³/mol. The van der Waals surface area contributed by atoms with Gasteiger partial charge in [-0.25, -0.2) is 14.4 Å². The van der Waals surface area contributed by atoms with Crippen molar-refractivity contribution in [3.8, 4) is 0 Å². The van der Waals surface area contributed by atoms with Crippen molar-refractivity contribution in [1.29, 1.82) is 0 Å². The first-order valence-corrected chi connectivity index (χ1v) is 5.41. The Balaban J connectivity index is 3.98. The fraction of sp³-hybridized carbons (Fsp3) is 0.250. The van der Waals surface area contributed by atoms with Gasteiger partial charge in [-0.3, -0.25) is 0 Å². The molecule has 0 saturated carbocycles. The molecule has 92 valence electrons. The summed E-state index contributed by atoms with van der Waals surface area (Å²) in [5.74, 6) is 0. The van der Waals surface area contributed by atoms with Crippen molar-refractivity contribution >= 4 is 54.8 Å². The minimum Gasteiger partial charge on any atom is -0.363 e. The van der Waals surface area contributed by atoms with Crippen molar-refractivity contribution in [2.24, 2.45) is 0 Å². The van der Waals surface area contributed by atoms with Gasteiger partial charge in [0.05, 0.1) is 36.1 Å². The topological polar surface area (TPSA) is 78.9 Å². The smallest absolute Gasteiger partial charge is 0.363 e. The van der Waals surface area contributed by atoms with Gasteiger partial charge in [-0.2, -0.15) is 0 Å². The molecule has 0 aromatic heterocycles. The predicted octanol–water partition coefficient (Wildman–Crippen LogP) is 3.53. The van der Waals surface area contributed by atoms with Crippen LogP contribution >= 0.6 is 36.1 Å². The van der Waals surface area contributed by atoms with Crippen LogP contribution < -0.4 is 0 Å². The van der Waals surface area contributed by atoms with Gasteiger partial charge in [0.2, 0.25) is 3.91 Å². The molecule has 0 radical (unpaired) electrons. The summed E-state index contributed by atoms with van der Waals surface area (Å²) < 4.78 is 44.6. The molecule has 0 heterocycles. The van der Waals surface area contributed by atoms with Crippen molar-refractivity contribution in [2.45, 2.75) is 3.91 Å². The van der Waals surface area contributed by atoms with E-state index in [1.807, 2.05) is 0 Å². The zero-order valence-corrected chi connectivity index (χ0v) is 9.33. The maximum Gasteiger partial charge on any atom is 0.507 e. The Bertz CT molecular complexity index is 233. The first kappa shape index (κ1) is 15.2. The van der Waals surface area contributed by atoms with Crippen molar-refractivity contribution in [3.63, 3.8) is 0 Å². The van der Waals surface area contributed by atoms with E-state index in [4.69, 9.17) is 0 Å². The second kappa shape index (κ2) is 8.41. The molecule has 12 heteroatoms. The Morgan fingerprint density at radius 2 is 1.00 bits per heavy atom. The quantitative estimate of drug-likeness (QED) is 0.415. The van der Waals surface area contributed by atoms with Crippen LogP contribution in [0.15, 0.2) is 0 Å². The van der Waals surface area contributed by atoms with Crippen LogP contribution in [-0.2, 0) is 12.5 Å². The highest BCUT2D eigenvalue weighted by atomic mass is 32.3. The molecule has 6 nitrogen and oxygen atoms in total. The molecular weight excluding hydrogens is 297 g/mol. The molecule has 0 unspecified atom stereocenters. The number of rotatable bonds is 6. The van der Waals surface area contributed by atoms with E-state index in [1.165, 1.54) is 0 Å². The molecular formula is C4HF3O6S3. The zero-order valence-electron chi connectivity index (χ0n) is 6.89. The van der Waals surface area contributed by atoms with Gasteiger partial charge in [0.1, 0.15) is 0 Å². The van der Waals surface area contributed by atoms with Gasteiger partial charge in [0.15, 0.2) is 0 Å². The molecule has 0 bridgehead atoms. The van der Waals surface area contributed by atoms with Crippen molar-refractivity contribution < 1.29 is 40.1 Å². The maximum atomic E-state index is 11.6. The molecule has 0 atom stereocenters. The molecule has 0 aliphatic rings. The molecule has 0 fully saturated rings. The Labute approximate surface area is 99.2 Å². The summed E-state index contributed by atoms with van der Waals surface area (Å²) in [6.45, 7) is 0. The molecule has 0 aromatic carbocycles. The van der Waals surface area contributed by atoms with Crippen molar-refractivity contribution in [1.82, 2.24) is 0 Å². The minimum atomic E-state index is -2.19. The fourth-order valence-corrected chi connectivity index (χ4v) is 1.83. The van der Waals surface area contributed by atoms with E-state index < -0.39 is 22.6 Å². The second-order valence-corrected chi connectivity index (χ2v) is 4.93. The second-order valence-electron chi connectivity index (χ2n) is 1.54. The Hall–Kier alpha value is -0.750. The summed E-state index contributed by atoms with van der Waals surface area (Å²) in [5, 5.41) is 0. The van der Waals surface area contributed by atoms with E-state index in [9.17, 15) is 27.6 Å². The Kier molecular flexibility index (Phi) is 8.01. The zero-order chi connectivity index (χ0) is 12.6. The van der Waals surface area contributed by atoms with Crippen LogP contribution in [0.3, 0.4) is 0 Å². The lowest BCUT2D eigenvalue weighted by atomic mass is 11.5. The van der Waals surface area contributed by atoms with E-state index in [2.05, 4.69) is 12.5 Å². The normalized spacial score (nSPS) is 9.75. The highest BCUT2D eigenvalue weighted by Gasteiger charge is 2.22. The molecule has 0 aromatic rings. The Morgan fingerprint density at radius 3 is 1.19 bits per heavy atom. The van der Waals surface area contributed by atoms with Crippen molar-refractivity contribution in [3.05, 3.63) is 0 Å². The van der Waals surface area contributed by atoms with Gasteiger partial charge in [0.25, 0.3) is 0 Å². The summed E-state index contributed by atoms with van der Waals surface area (Å²) in [4.78, 5) is 29.2. The average molecular weight is 298 g/mol. The lowest BCUT2D eigenvalue weighted by molar-refractivity contribution is 0.184. The van der Waals surface area contributed by atoms with E-state index in [0.29, 0.717) is 0 Å². The van der Waals surface area contributed by atoms with Crippen molar-refractivity contribution in [2.75, 3.05) is 0 Å². The van der Waals surface area contributed by atoms with Crippen LogP contribution in [-0.4, -0.2) is 22.6 Å².